The second-order valence-corrected chi connectivity index (χ2v) is 8.09. The number of carbonyl (C=O) groups is 1. The summed E-state index contributed by atoms with van der Waals surface area (Å²) in [7, 11) is -2.19. The van der Waals surface area contributed by atoms with Gasteiger partial charge in [0.15, 0.2) is 0 Å². The second kappa shape index (κ2) is 6.93. The highest BCUT2D eigenvalue weighted by Gasteiger charge is 2.23. The third-order valence-electron chi connectivity index (χ3n) is 2.87. The molecule has 112 valence electrons. The summed E-state index contributed by atoms with van der Waals surface area (Å²) in [6, 6.07) is 2.64. The zero-order valence-electron chi connectivity index (χ0n) is 11.4. The van der Waals surface area contributed by atoms with Crippen LogP contribution in [0.4, 0.5) is 0 Å². The summed E-state index contributed by atoms with van der Waals surface area (Å²) < 4.78 is 26.5. The van der Waals surface area contributed by atoms with Crippen molar-refractivity contribution in [3.05, 3.63) is 27.7 Å². The fourth-order valence-electron chi connectivity index (χ4n) is 1.55. The lowest BCUT2D eigenvalue weighted by molar-refractivity contribution is 0.0695. The largest absolute Gasteiger partial charge is 0.478 e. The van der Waals surface area contributed by atoms with Crippen LogP contribution in [0, 0.1) is 6.92 Å². The summed E-state index contributed by atoms with van der Waals surface area (Å²) in [6.45, 7) is 2.00. The Labute approximate surface area is 131 Å². The predicted octanol–water partition coefficient (Wildman–Crippen LogP) is 2.44. The Morgan fingerprint density at radius 3 is 2.55 bits per heavy atom. The maximum Gasteiger partial charge on any atom is 0.336 e. The van der Waals surface area contributed by atoms with Gasteiger partial charge in [0.05, 0.1) is 10.5 Å². The van der Waals surface area contributed by atoms with E-state index in [0.29, 0.717) is 22.3 Å². The van der Waals surface area contributed by atoms with E-state index in [-0.39, 0.29) is 10.5 Å². The molecule has 0 unspecified atom stereocenters. The summed E-state index contributed by atoms with van der Waals surface area (Å²) in [4.78, 5) is 11.1. The molecule has 20 heavy (non-hydrogen) atoms. The van der Waals surface area contributed by atoms with E-state index in [2.05, 4.69) is 15.9 Å². The van der Waals surface area contributed by atoms with E-state index in [0.717, 1.165) is 0 Å². The Morgan fingerprint density at radius 2 is 2.05 bits per heavy atom. The van der Waals surface area contributed by atoms with Gasteiger partial charge in [-0.25, -0.2) is 17.5 Å². The van der Waals surface area contributed by atoms with Crippen molar-refractivity contribution in [1.82, 2.24) is 4.31 Å². The van der Waals surface area contributed by atoms with Gasteiger partial charge in [-0.3, -0.25) is 0 Å². The van der Waals surface area contributed by atoms with Crippen molar-refractivity contribution < 1.29 is 18.3 Å². The molecule has 0 aliphatic carbocycles. The number of thioether (sulfide) groups is 1. The first-order chi connectivity index (χ1) is 9.21. The van der Waals surface area contributed by atoms with Crippen LogP contribution in [0.1, 0.15) is 15.9 Å². The van der Waals surface area contributed by atoms with Crippen molar-refractivity contribution in [3.8, 4) is 0 Å². The van der Waals surface area contributed by atoms with Crippen molar-refractivity contribution >= 4 is 43.7 Å². The second-order valence-electron chi connectivity index (χ2n) is 4.20. The zero-order chi connectivity index (χ0) is 15.5. The third kappa shape index (κ3) is 3.75. The van der Waals surface area contributed by atoms with Gasteiger partial charge < -0.3 is 5.11 Å². The van der Waals surface area contributed by atoms with Crippen LogP contribution in [0.25, 0.3) is 0 Å². The van der Waals surface area contributed by atoms with Gasteiger partial charge in [0.1, 0.15) is 0 Å². The molecule has 1 rings (SSSR count). The number of sulfonamides is 1. The molecule has 0 aliphatic heterocycles. The fourth-order valence-corrected chi connectivity index (χ4v) is 3.95. The average Bonchev–Trinajstić information content (AvgIpc) is 2.38. The Hall–Kier alpha value is -0.570. The van der Waals surface area contributed by atoms with E-state index < -0.39 is 16.0 Å². The molecule has 0 aromatic heterocycles. The molecule has 0 radical (unpaired) electrons. The summed E-state index contributed by atoms with van der Waals surface area (Å²) in [5, 5.41) is 9.13. The number of rotatable bonds is 6. The Balaban J connectivity index is 3.29. The molecule has 0 saturated carbocycles. The number of nitrogens with zero attached hydrogens (tertiary/aromatic N) is 1. The van der Waals surface area contributed by atoms with Gasteiger partial charge in [-0.05, 0) is 30.9 Å². The molecule has 0 spiro atoms. The standard InChI is InChI=1S/C12H16BrNO4S2/c1-8-10(12(15)16)6-9(7-11(8)13)20(17,18)14(2)4-5-19-3/h6-7H,4-5H2,1-3H3,(H,15,16). The molecule has 0 fully saturated rings. The number of aromatic carboxylic acids is 1. The summed E-state index contributed by atoms with van der Waals surface area (Å²) in [6.07, 6.45) is 1.89. The van der Waals surface area contributed by atoms with E-state index >= 15 is 0 Å². The van der Waals surface area contributed by atoms with Crippen LogP contribution in [-0.2, 0) is 10.0 Å². The minimum Gasteiger partial charge on any atom is -0.478 e. The molecule has 5 nitrogen and oxygen atoms in total. The molecule has 1 aromatic rings. The minimum absolute atomic E-state index is 0.0174. The lowest BCUT2D eigenvalue weighted by atomic mass is 10.1. The summed E-state index contributed by atoms with van der Waals surface area (Å²) in [5.41, 5.74) is 0.486. The molecule has 0 amide bonds. The molecule has 1 N–H and O–H groups in total. The fraction of sp³-hybridized carbons (Fsp3) is 0.417. The van der Waals surface area contributed by atoms with E-state index in [1.807, 2.05) is 6.26 Å². The number of carboxylic acid groups (broad SMARTS) is 1. The molecule has 0 atom stereocenters. The average molecular weight is 382 g/mol. The Bertz CT molecular complexity index is 616. The molecule has 8 heteroatoms. The van der Waals surface area contributed by atoms with Gasteiger partial charge in [-0.15, -0.1) is 0 Å². The minimum atomic E-state index is -3.68. The van der Waals surface area contributed by atoms with Gasteiger partial charge in [-0.2, -0.15) is 11.8 Å². The first kappa shape index (κ1) is 17.5. The summed E-state index contributed by atoms with van der Waals surface area (Å²) in [5.74, 6) is -0.471. The van der Waals surface area contributed by atoms with Crippen molar-refractivity contribution in [1.29, 1.82) is 0 Å². The summed E-state index contributed by atoms with van der Waals surface area (Å²) >= 11 is 4.75. The Kier molecular flexibility index (Phi) is 6.06. The molecular formula is C12H16BrNO4S2. The topological polar surface area (TPSA) is 74.7 Å². The SMILES string of the molecule is CSCCN(C)S(=O)(=O)c1cc(Br)c(C)c(C(=O)O)c1. The van der Waals surface area contributed by atoms with E-state index in [1.54, 1.807) is 18.7 Å². The first-order valence-electron chi connectivity index (χ1n) is 5.70. The number of hydrogen-bond donors (Lipinski definition) is 1. The quantitative estimate of drug-likeness (QED) is 0.818. The van der Waals surface area contributed by atoms with Gasteiger partial charge in [0, 0.05) is 23.8 Å². The van der Waals surface area contributed by atoms with Crippen LogP contribution in [0.5, 0.6) is 0 Å². The van der Waals surface area contributed by atoms with E-state index in [4.69, 9.17) is 5.11 Å². The van der Waals surface area contributed by atoms with E-state index in [9.17, 15) is 13.2 Å². The number of carboxylic acids is 1. The van der Waals surface area contributed by atoms with Crippen molar-refractivity contribution in [2.45, 2.75) is 11.8 Å². The Morgan fingerprint density at radius 1 is 1.45 bits per heavy atom. The molecule has 1 aromatic carbocycles. The molecule has 0 aliphatic rings. The van der Waals surface area contributed by atoms with Crippen molar-refractivity contribution in [3.63, 3.8) is 0 Å². The van der Waals surface area contributed by atoms with Crippen LogP contribution in [0.15, 0.2) is 21.5 Å². The number of benzene rings is 1. The van der Waals surface area contributed by atoms with Crippen LogP contribution in [0.2, 0.25) is 0 Å². The van der Waals surface area contributed by atoms with Gasteiger partial charge >= 0.3 is 5.97 Å². The third-order valence-corrected chi connectivity index (χ3v) is 6.12. The maximum absolute atomic E-state index is 12.4. The van der Waals surface area contributed by atoms with Gasteiger partial charge in [-0.1, -0.05) is 15.9 Å². The van der Waals surface area contributed by atoms with Crippen LogP contribution < -0.4 is 0 Å². The van der Waals surface area contributed by atoms with Crippen molar-refractivity contribution in [2.24, 2.45) is 0 Å². The normalized spacial score (nSPS) is 11.8. The highest BCUT2D eigenvalue weighted by atomic mass is 79.9. The molecule has 0 bridgehead atoms. The lowest BCUT2D eigenvalue weighted by Crippen LogP contribution is -2.29. The molecule has 0 saturated heterocycles. The molecular weight excluding hydrogens is 366 g/mol. The van der Waals surface area contributed by atoms with Gasteiger partial charge in [0.25, 0.3) is 0 Å². The predicted molar refractivity (Wildman–Crippen MR) is 84.0 cm³/mol. The van der Waals surface area contributed by atoms with Crippen LogP contribution >= 0.6 is 27.7 Å². The monoisotopic (exact) mass is 381 g/mol. The first-order valence-corrected chi connectivity index (χ1v) is 9.33. The lowest BCUT2D eigenvalue weighted by Gasteiger charge is -2.18. The number of halogens is 1. The molecule has 0 heterocycles. The van der Waals surface area contributed by atoms with Crippen LogP contribution in [0.3, 0.4) is 0 Å². The number of hydrogen-bond acceptors (Lipinski definition) is 4. The zero-order valence-corrected chi connectivity index (χ0v) is 14.6. The van der Waals surface area contributed by atoms with E-state index in [1.165, 1.54) is 23.5 Å². The highest BCUT2D eigenvalue weighted by molar-refractivity contribution is 9.10. The van der Waals surface area contributed by atoms with Crippen molar-refractivity contribution in [2.75, 3.05) is 25.6 Å². The van der Waals surface area contributed by atoms with Gasteiger partial charge in [0.2, 0.25) is 10.0 Å². The maximum atomic E-state index is 12.4. The smallest absolute Gasteiger partial charge is 0.336 e. The highest BCUT2D eigenvalue weighted by Crippen LogP contribution is 2.26. The van der Waals surface area contributed by atoms with Crippen LogP contribution in [-0.4, -0.2) is 49.4 Å².